The van der Waals surface area contributed by atoms with E-state index in [1.54, 1.807) is 113 Å². The Kier molecular flexibility index (Phi) is 13.2. The van der Waals surface area contributed by atoms with Crippen molar-refractivity contribution < 1.29 is 57.9 Å². The summed E-state index contributed by atoms with van der Waals surface area (Å²) in [6, 6.07) is 24.9. The number of esters is 3. The highest BCUT2D eigenvalue weighted by molar-refractivity contribution is 6.74. The molecule has 3 aromatic carbocycles. The van der Waals surface area contributed by atoms with Crippen molar-refractivity contribution in [3.05, 3.63) is 119 Å². The van der Waals surface area contributed by atoms with Gasteiger partial charge in [0.2, 0.25) is 0 Å². The van der Waals surface area contributed by atoms with Crippen LogP contribution in [-0.4, -0.2) is 102 Å². The molecule has 4 N–H and O–H groups in total. The van der Waals surface area contributed by atoms with Crippen LogP contribution in [0.2, 0.25) is 18.1 Å². The second-order valence-corrected chi connectivity index (χ2v) is 26.0. The maximum absolute atomic E-state index is 15.4. The van der Waals surface area contributed by atoms with Crippen molar-refractivity contribution in [2.45, 2.75) is 147 Å². The van der Waals surface area contributed by atoms with E-state index in [-0.39, 0.29) is 24.2 Å². The summed E-state index contributed by atoms with van der Waals surface area (Å²) < 4.78 is 32.6. The first-order valence-electron chi connectivity index (χ1n) is 23.0. The maximum Gasteiger partial charge on any atom is 0.338 e. The van der Waals surface area contributed by atoms with E-state index in [2.05, 4.69) is 5.32 Å². The van der Waals surface area contributed by atoms with Gasteiger partial charge < -0.3 is 44.0 Å². The molecule has 1 aliphatic heterocycles. The molecule has 3 aromatic rings. The number of carbonyl (C=O) groups is 4. The van der Waals surface area contributed by atoms with Gasteiger partial charge in [-0.2, -0.15) is 0 Å². The predicted octanol–water partition coefficient (Wildman–Crippen LogP) is 7.26. The number of hydrogen-bond donors (Lipinski definition) is 4. The van der Waals surface area contributed by atoms with Crippen LogP contribution >= 0.6 is 0 Å². The van der Waals surface area contributed by atoms with Crippen LogP contribution in [0.5, 0.6) is 0 Å². The van der Waals surface area contributed by atoms with E-state index in [0.717, 1.165) is 0 Å². The van der Waals surface area contributed by atoms with Gasteiger partial charge >= 0.3 is 17.9 Å². The van der Waals surface area contributed by atoms with E-state index in [0.29, 0.717) is 23.1 Å². The second-order valence-electron chi connectivity index (χ2n) is 21.2. The lowest BCUT2D eigenvalue weighted by Gasteiger charge is -2.69. The van der Waals surface area contributed by atoms with Crippen molar-refractivity contribution >= 4 is 32.1 Å². The molecule has 356 valence electrons. The van der Waals surface area contributed by atoms with Crippen molar-refractivity contribution in [1.82, 2.24) is 5.32 Å². The summed E-state index contributed by atoms with van der Waals surface area (Å²) in [6.07, 6.45) is -8.17. The van der Waals surface area contributed by atoms with Gasteiger partial charge in [0.15, 0.2) is 20.0 Å². The predicted molar refractivity (Wildman–Crippen MR) is 248 cm³/mol. The van der Waals surface area contributed by atoms with Crippen LogP contribution in [0.15, 0.2) is 102 Å². The van der Waals surface area contributed by atoms with Gasteiger partial charge in [0.05, 0.1) is 30.2 Å². The largest absolute Gasteiger partial charge is 0.456 e. The van der Waals surface area contributed by atoms with Crippen molar-refractivity contribution in [3.63, 3.8) is 0 Å². The molecule has 66 heavy (non-hydrogen) atoms. The standard InChI is InChI=1S/C52H67NO12Si/c1-30-27-37-51(29-61-37,64-32(3)54)42-44(63-46(58)35-25-19-14-20-26-35)52(60)28-36(31(2)38(49(52,7)8)40(55)43(56)50(30,42)9)62-47(59)41(65-66(10,11)48(4,5)6)39(33-21-15-12-16-22-33)53-45(57)34-23-17-13-18-24-34/h12-26,30,36-37,39-44,55-56,60H,27-29H2,1-11H3,(H,53,57)/t30-,36?,37?,39-,40-,41+,42-,43-,44-,50+,51-,52+/m0/s1. The lowest BCUT2D eigenvalue weighted by atomic mass is 9.43. The number of amides is 1. The summed E-state index contributed by atoms with van der Waals surface area (Å²) in [5.74, 6) is -4.28. The van der Waals surface area contributed by atoms with Gasteiger partial charge in [-0.3, -0.25) is 9.59 Å². The smallest absolute Gasteiger partial charge is 0.338 e. The molecule has 0 radical (unpaired) electrons. The van der Waals surface area contributed by atoms with Gasteiger partial charge in [-0.25, -0.2) is 9.59 Å². The van der Waals surface area contributed by atoms with E-state index >= 15 is 4.79 Å². The molecule has 1 saturated heterocycles. The first kappa shape index (κ1) is 49.2. The Morgan fingerprint density at radius 2 is 1.42 bits per heavy atom. The molecule has 12 atom stereocenters. The third-order valence-electron chi connectivity index (χ3n) is 16.1. The molecule has 2 saturated carbocycles. The summed E-state index contributed by atoms with van der Waals surface area (Å²) in [4.78, 5) is 56.9. The quantitative estimate of drug-likeness (QED) is 0.0654. The van der Waals surface area contributed by atoms with Gasteiger partial charge in [-0.1, -0.05) is 115 Å². The summed E-state index contributed by atoms with van der Waals surface area (Å²) in [6.45, 7) is 20.0. The number of ether oxygens (including phenoxy) is 4. The highest BCUT2D eigenvalue weighted by atomic mass is 28.4. The highest BCUT2D eigenvalue weighted by Crippen LogP contribution is 2.66. The topological polar surface area (TPSA) is 187 Å². The Bertz CT molecular complexity index is 2330. The van der Waals surface area contributed by atoms with Crippen LogP contribution in [0.4, 0.5) is 0 Å². The Morgan fingerprint density at radius 3 is 1.95 bits per heavy atom. The summed E-state index contributed by atoms with van der Waals surface area (Å²) in [7, 11) is -2.86. The summed E-state index contributed by atoms with van der Waals surface area (Å²) in [5.41, 5.74) is -4.78. The fourth-order valence-electron chi connectivity index (χ4n) is 11.1. The van der Waals surface area contributed by atoms with Gasteiger partial charge in [0.25, 0.3) is 5.91 Å². The molecule has 3 fully saturated rings. The van der Waals surface area contributed by atoms with Crippen molar-refractivity contribution in [3.8, 4) is 0 Å². The zero-order chi connectivity index (χ0) is 48.4. The molecule has 1 amide bonds. The zero-order valence-corrected chi connectivity index (χ0v) is 41.0. The number of rotatable bonds is 11. The molecule has 4 aliphatic rings. The average Bonchev–Trinajstić information content (AvgIpc) is 3.26. The van der Waals surface area contributed by atoms with Crippen LogP contribution < -0.4 is 5.32 Å². The minimum Gasteiger partial charge on any atom is -0.456 e. The van der Waals surface area contributed by atoms with E-state index in [9.17, 15) is 29.7 Å². The Labute approximate surface area is 389 Å². The number of nitrogens with one attached hydrogen (secondary N) is 1. The molecule has 13 nitrogen and oxygen atoms in total. The number of fused-ring (bicyclic) bond motifs is 5. The maximum atomic E-state index is 15.4. The lowest BCUT2D eigenvalue weighted by molar-refractivity contribution is -0.358. The molecular formula is C52H67NO12Si. The number of carbonyl (C=O) groups excluding carboxylic acids is 4. The third kappa shape index (κ3) is 8.25. The van der Waals surface area contributed by atoms with E-state index in [1.165, 1.54) is 6.92 Å². The molecule has 1 heterocycles. The van der Waals surface area contributed by atoms with E-state index in [4.69, 9.17) is 23.4 Å². The van der Waals surface area contributed by atoms with Crippen molar-refractivity contribution in [1.29, 1.82) is 0 Å². The van der Waals surface area contributed by atoms with Crippen LogP contribution in [0.1, 0.15) is 107 Å². The summed E-state index contributed by atoms with van der Waals surface area (Å²) >= 11 is 0. The SMILES string of the molecule is CC(=O)O[C@@]12COC1C[C@H](C)[C@@]1(C)[C@@H](O)[C@@H](O)C3=C(C)C(OC(=O)[C@H](O[Si](C)(C)C(C)(C)C)[C@@H](NC(=O)c4ccccc4)c4ccccc4)C[C@@](O)([C@@H](OC(=O)c4ccccc4)[C@@H]12)C3(C)C. The Balaban J connectivity index is 1.40. The number of aliphatic hydroxyl groups is 3. The molecule has 14 heteroatoms. The van der Waals surface area contributed by atoms with E-state index < -0.39 is 114 Å². The van der Waals surface area contributed by atoms with E-state index in [1.807, 2.05) is 46.9 Å². The lowest BCUT2D eigenvalue weighted by Crippen LogP contribution is -2.81. The Morgan fingerprint density at radius 1 is 0.864 bits per heavy atom. The molecule has 3 aliphatic carbocycles. The first-order valence-corrected chi connectivity index (χ1v) is 25.9. The highest BCUT2D eigenvalue weighted by Gasteiger charge is 2.77. The average molecular weight is 926 g/mol. The minimum absolute atomic E-state index is 0.120. The second kappa shape index (κ2) is 17.7. The molecule has 2 unspecified atom stereocenters. The third-order valence-corrected chi connectivity index (χ3v) is 20.6. The van der Waals surface area contributed by atoms with Crippen LogP contribution in [0.3, 0.4) is 0 Å². The number of benzene rings is 3. The van der Waals surface area contributed by atoms with Gasteiger partial charge in [0.1, 0.15) is 30.0 Å². The van der Waals surface area contributed by atoms with Crippen LogP contribution in [0, 0.1) is 22.7 Å². The molecular weight excluding hydrogens is 859 g/mol. The minimum atomic E-state index is -2.86. The molecule has 0 aromatic heterocycles. The van der Waals surface area contributed by atoms with Gasteiger partial charge in [0, 0.05) is 29.7 Å². The first-order chi connectivity index (χ1) is 30.8. The molecule has 0 spiro atoms. The fraction of sp³-hybridized carbons (Fsp3) is 0.538. The van der Waals surface area contributed by atoms with Crippen molar-refractivity contribution in [2.24, 2.45) is 22.7 Å². The monoisotopic (exact) mass is 925 g/mol. The normalized spacial score (nSPS) is 32.4. The van der Waals surface area contributed by atoms with Crippen LogP contribution in [-0.2, 0) is 33.0 Å². The molecule has 7 rings (SSSR count). The number of aliphatic hydroxyl groups excluding tert-OH is 2. The number of hydrogen-bond acceptors (Lipinski definition) is 12. The van der Waals surface area contributed by atoms with Crippen molar-refractivity contribution in [2.75, 3.05) is 6.61 Å². The zero-order valence-electron chi connectivity index (χ0n) is 40.0. The fourth-order valence-corrected chi connectivity index (χ4v) is 12.3. The molecule has 2 bridgehead atoms. The Hall–Kier alpha value is -4.70. The van der Waals surface area contributed by atoms with Gasteiger partial charge in [-0.05, 0) is 78.4 Å². The summed E-state index contributed by atoms with van der Waals surface area (Å²) in [5, 5.41) is 42.1. The van der Waals surface area contributed by atoms with Gasteiger partial charge in [-0.15, -0.1) is 0 Å². The van der Waals surface area contributed by atoms with Crippen LogP contribution in [0.25, 0.3) is 0 Å².